The Labute approximate surface area is 171 Å². The first kappa shape index (κ1) is 20.8. The van der Waals surface area contributed by atoms with Crippen molar-refractivity contribution in [1.82, 2.24) is 5.43 Å². The van der Waals surface area contributed by atoms with Crippen molar-refractivity contribution in [1.29, 1.82) is 0 Å². The molecule has 0 aromatic heterocycles. The Bertz CT molecular complexity index is 803. The number of benzene rings is 2. The number of nitrogens with zero attached hydrogens (tertiary/aromatic N) is 1. The van der Waals surface area contributed by atoms with Gasteiger partial charge in [0, 0.05) is 5.56 Å². The predicted molar refractivity (Wildman–Crippen MR) is 110 cm³/mol. The van der Waals surface area contributed by atoms with Crippen LogP contribution in [0.3, 0.4) is 0 Å². The van der Waals surface area contributed by atoms with Gasteiger partial charge in [-0.25, -0.2) is 5.43 Å². The van der Waals surface area contributed by atoms with Gasteiger partial charge in [0.05, 0.1) is 26.0 Å². The molecule has 0 saturated carbocycles. The molecule has 7 nitrogen and oxygen atoms in total. The summed E-state index contributed by atoms with van der Waals surface area (Å²) in [7, 11) is 1.60. The van der Waals surface area contributed by atoms with Gasteiger partial charge in [-0.2, -0.15) is 5.10 Å². The van der Waals surface area contributed by atoms with Crippen molar-refractivity contribution in [2.24, 2.45) is 5.10 Å². The molecule has 0 aliphatic carbocycles. The maximum Gasteiger partial charge on any atom is 0.277 e. The van der Waals surface area contributed by atoms with E-state index in [0.29, 0.717) is 5.75 Å². The minimum atomic E-state index is -0.302. The molecule has 2 aromatic rings. The molecule has 1 fully saturated rings. The fourth-order valence-corrected chi connectivity index (χ4v) is 3.41. The molecule has 1 atom stereocenters. The van der Waals surface area contributed by atoms with Crippen LogP contribution in [0.1, 0.15) is 18.5 Å². The lowest BCUT2D eigenvalue weighted by Crippen LogP contribution is -3.15. The highest BCUT2D eigenvalue weighted by Gasteiger charge is 2.29. The SMILES string of the molecule is COc1ccc(OCC(=O)N/N=C(/C)[C@H](c2ccccc2)[NH+]2CCOCC2)cc1. The number of hydrogen-bond acceptors (Lipinski definition) is 5. The van der Waals surface area contributed by atoms with E-state index in [1.165, 1.54) is 10.5 Å². The van der Waals surface area contributed by atoms with Gasteiger partial charge < -0.3 is 19.1 Å². The molecule has 0 unspecified atom stereocenters. The third kappa shape index (κ3) is 6.04. The monoisotopic (exact) mass is 398 g/mol. The fraction of sp³-hybridized carbons (Fsp3) is 0.364. The Hall–Kier alpha value is -2.90. The molecule has 154 valence electrons. The molecule has 7 heteroatoms. The Kier molecular flexibility index (Phi) is 7.61. The molecule has 1 amide bonds. The van der Waals surface area contributed by atoms with Crippen LogP contribution < -0.4 is 19.8 Å². The Balaban J connectivity index is 1.60. The number of amides is 1. The van der Waals surface area contributed by atoms with Gasteiger partial charge in [0.2, 0.25) is 0 Å². The highest BCUT2D eigenvalue weighted by molar-refractivity contribution is 5.88. The van der Waals surface area contributed by atoms with Crippen molar-refractivity contribution < 1.29 is 23.9 Å². The average Bonchev–Trinajstić information content (AvgIpc) is 2.78. The van der Waals surface area contributed by atoms with E-state index in [4.69, 9.17) is 14.2 Å². The van der Waals surface area contributed by atoms with Crippen LogP contribution in [0.15, 0.2) is 59.7 Å². The summed E-state index contributed by atoms with van der Waals surface area (Å²) in [5.41, 5.74) is 4.65. The number of carbonyl (C=O) groups is 1. The van der Waals surface area contributed by atoms with E-state index < -0.39 is 0 Å². The first-order valence-corrected chi connectivity index (χ1v) is 9.74. The Morgan fingerprint density at radius 3 is 2.41 bits per heavy atom. The van der Waals surface area contributed by atoms with Crippen molar-refractivity contribution in [3.8, 4) is 11.5 Å². The topological polar surface area (TPSA) is 73.6 Å². The molecule has 2 aromatic carbocycles. The van der Waals surface area contributed by atoms with Gasteiger partial charge in [0.1, 0.15) is 24.6 Å². The lowest BCUT2D eigenvalue weighted by molar-refractivity contribution is -0.928. The molecule has 0 radical (unpaired) electrons. The van der Waals surface area contributed by atoms with E-state index in [0.717, 1.165) is 37.8 Å². The summed E-state index contributed by atoms with van der Waals surface area (Å²) in [4.78, 5) is 13.6. The number of nitrogens with one attached hydrogen (secondary N) is 2. The Morgan fingerprint density at radius 2 is 1.76 bits per heavy atom. The summed E-state index contributed by atoms with van der Waals surface area (Å²) in [6.07, 6.45) is 0. The van der Waals surface area contributed by atoms with Gasteiger partial charge in [-0.1, -0.05) is 30.3 Å². The van der Waals surface area contributed by atoms with Crippen molar-refractivity contribution in [3.63, 3.8) is 0 Å². The van der Waals surface area contributed by atoms with Gasteiger partial charge >= 0.3 is 0 Å². The van der Waals surface area contributed by atoms with Crippen molar-refractivity contribution in [2.45, 2.75) is 13.0 Å². The van der Waals surface area contributed by atoms with Gasteiger partial charge in [-0.3, -0.25) is 4.79 Å². The largest absolute Gasteiger partial charge is 0.497 e. The van der Waals surface area contributed by atoms with Gasteiger partial charge in [-0.15, -0.1) is 0 Å². The van der Waals surface area contributed by atoms with Crippen LogP contribution in [0, 0.1) is 0 Å². The van der Waals surface area contributed by atoms with Gasteiger partial charge in [0.15, 0.2) is 12.6 Å². The molecule has 1 aliphatic rings. The predicted octanol–water partition coefficient (Wildman–Crippen LogP) is 1.22. The molecular weight excluding hydrogens is 370 g/mol. The zero-order valence-corrected chi connectivity index (χ0v) is 16.9. The van der Waals surface area contributed by atoms with Crippen LogP contribution in [-0.2, 0) is 9.53 Å². The minimum Gasteiger partial charge on any atom is -0.497 e. The van der Waals surface area contributed by atoms with E-state index >= 15 is 0 Å². The molecule has 0 bridgehead atoms. The number of morpholine rings is 1. The number of methoxy groups -OCH3 is 1. The quantitative estimate of drug-likeness (QED) is 0.518. The maximum atomic E-state index is 12.2. The third-order valence-electron chi connectivity index (χ3n) is 4.88. The molecule has 3 rings (SSSR count). The molecule has 2 N–H and O–H groups in total. The van der Waals surface area contributed by atoms with Crippen molar-refractivity contribution >= 4 is 11.6 Å². The van der Waals surface area contributed by atoms with E-state index in [1.54, 1.807) is 31.4 Å². The summed E-state index contributed by atoms with van der Waals surface area (Å²) >= 11 is 0. The van der Waals surface area contributed by atoms with Crippen molar-refractivity contribution in [3.05, 3.63) is 60.2 Å². The fourth-order valence-electron chi connectivity index (χ4n) is 3.41. The van der Waals surface area contributed by atoms with E-state index in [2.05, 4.69) is 22.7 Å². The van der Waals surface area contributed by atoms with Crippen LogP contribution >= 0.6 is 0 Å². The molecular formula is C22H28N3O4+. The molecule has 1 aliphatic heterocycles. The van der Waals surface area contributed by atoms with Crippen LogP contribution in [0.5, 0.6) is 11.5 Å². The molecule has 1 heterocycles. The normalized spacial score (nSPS) is 16.1. The standard InChI is InChI=1S/C22H27N3O4/c1-17(22(18-6-4-3-5-7-18)25-12-14-28-15-13-25)23-24-21(26)16-29-20-10-8-19(27-2)9-11-20/h3-11,22H,12-16H2,1-2H3,(H,24,26)/p+1/b23-17-/t22-/m1/s1. The Morgan fingerprint density at radius 1 is 1.10 bits per heavy atom. The number of carbonyl (C=O) groups excluding carboxylic acids is 1. The van der Waals surface area contributed by atoms with Gasteiger partial charge in [-0.05, 0) is 31.2 Å². The molecule has 29 heavy (non-hydrogen) atoms. The maximum absolute atomic E-state index is 12.2. The van der Waals surface area contributed by atoms with Crippen LogP contribution in [0.4, 0.5) is 0 Å². The first-order chi connectivity index (χ1) is 14.2. The summed E-state index contributed by atoms with van der Waals surface area (Å²) in [5.74, 6) is 1.03. The second-order valence-corrected chi connectivity index (χ2v) is 6.87. The van der Waals surface area contributed by atoms with E-state index in [-0.39, 0.29) is 18.6 Å². The third-order valence-corrected chi connectivity index (χ3v) is 4.88. The number of ether oxygens (including phenoxy) is 3. The number of rotatable bonds is 8. The highest BCUT2D eigenvalue weighted by atomic mass is 16.5. The average molecular weight is 398 g/mol. The zero-order chi connectivity index (χ0) is 20.5. The summed E-state index contributed by atoms with van der Waals surface area (Å²) < 4.78 is 16.1. The van der Waals surface area contributed by atoms with Crippen LogP contribution in [0.2, 0.25) is 0 Å². The first-order valence-electron chi connectivity index (χ1n) is 9.74. The highest BCUT2D eigenvalue weighted by Crippen LogP contribution is 2.16. The smallest absolute Gasteiger partial charge is 0.277 e. The van der Waals surface area contributed by atoms with Crippen molar-refractivity contribution in [2.75, 3.05) is 40.0 Å². The van der Waals surface area contributed by atoms with E-state index in [1.807, 2.05) is 25.1 Å². The lowest BCUT2D eigenvalue weighted by Gasteiger charge is -2.31. The number of quaternary nitrogens is 1. The lowest BCUT2D eigenvalue weighted by atomic mass is 10.0. The number of hydrogen-bond donors (Lipinski definition) is 2. The van der Waals surface area contributed by atoms with Gasteiger partial charge in [0.25, 0.3) is 5.91 Å². The number of hydrazone groups is 1. The van der Waals surface area contributed by atoms with E-state index in [9.17, 15) is 4.79 Å². The summed E-state index contributed by atoms with van der Waals surface area (Å²) in [6.45, 7) is 5.11. The second kappa shape index (κ2) is 10.6. The van der Waals surface area contributed by atoms with Crippen LogP contribution in [0.25, 0.3) is 0 Å². The summed E-state index contributed by atoms with van der Waals surface area (Å²) in [6, 6.07) is 17.4. The molecule has 0 spiro atoms. The summed E-state index contributed by atoms with van der Waals surface area (Å²) in [5, 5.41) is 4.37. The minimum absolute atomic E-state index is 0.0721. The second-order valence-electron chi connectivity index (χ2n) is 6.87. The van der Waals surface area contributed by atoms with Crippen LogP contribution in [-0.4, -0.2) is 51.6 Å². The molecule has 1 saturated heterocycles. The zero-order valence-electron chi connectivity index (χ0n) is 16.9.